The minimum Gasteiger partial charge on any atom is -0.497 e. The van der Waals surface area contributed by atoms with Crippen LogP contribution in [0.3, 0.4) is 0 Å². The number of nitriles is 1. The van der Waals surface area contributed by atoms with Crippen molar-refractivity contribution < 1.29 is 19.0 Å². The summed E-state index contributed by atoms with van der Waals surface area (Å²) in [6, 6.07) is 14.5. The number of aliphatic hydroxyl groups is 1. The second kappa shape index (κ2) is 10.0. The molecule has 3 aromatic heterocycles. The molecule has 0 aliphatic rings. The zero-order chi connectivity index (χ0) is 25.9. The first-order valence-electron chi connectivity index (χ1n) is 11.1. The Balaban J connectivity index is 1.72. The number of methoxy groups -OCH3 is 1. The molecule has 0 fully saturated rings. The number of ether oxygens (including phenoxy) is 1. The van der Waals surface area contributed by atoms with E-state index in [1.807, 2.05) is 12.1 Å². The molecule has 4 aromatic rings. The Morgan fingerprint density at radius 2 is 2.06 bits per heavy atom. The van der Waals surface area contributed by atoms with Crippen LogP contribution >= 0.6 is 0 Å². The van der Waals surface area contributed by atoms with Gasteiger partial charge in [-0.05, 0) is 38.1 Å². The number of pyridine rings is 2. The number of amides is 1. The molecule has 1 amide bonds. The van der Waals surface area contributed by atoms with E-state index in [9.17, 15) is 14.3 Å². The zero-order valence-electron chi connectivity index (χ0n) is 20.0. The van der Waals surface area contributed by atoms with Crippen molar-refractivity contribution in [2.45, 2.75) is 25.6 Å². The van der Waals surface area contributed by atoms with Crippen LogP contribution in [-0.2, 0) is 0 Å². The molecule has 0 aliphatic heterocycles. The Morgan fingerprint density at radius 3 is 2.78 bits per heavy atom. The summed E-state index contributed by atoms with van der Waals surface area (Å²) in [5, 5.41) is 25.5. The van der Waals surface area contributed by atoms with E-state index in [-0.39, 0.29) is 12.1 Å². The first kappa shape index (κ1) is 24.6. The predicted octanol–water partition coefficient (Wildman–Crippen LogP) is 3.88. The number of halogens is 1. The lowest BCUT2D eigenvalue weighted by Gasteiger charge is -2.22. The fourth-order valence-electron chi connectivity index (χ4n) is 3.51. The van der Waals surface area contributed by atoms with E-state index in [2.05, 4.69) is 26.7 Å². The van der Waals surface area contributed by atoms with E-state index in [1.54, 1.807) is 48.2 Å². The molecule has 0 saturated carbocycles. The Kier molecular flexibility index (Phi) is 6.85. The van der Waals surface area contributed by atoms with Crippen molar-refractivity contribution in [3.63, 3.8) is 0 Å². The van der Waals surface area contributed by atoms with Gasteiger partial charge < -0.3 is 20.5 Å². The summed E-state index contributed by atoms with van der Waals surface area (Å²) in [5.41, 5.74) is 0.704. The molecule has 1 aromatic carbocycles. The summed E-state index contributed by atoms with van der Waals surface area (Å²) < 4.78 is 21.3. The number of anilines is 2. The molecule has 4 rings (SSSR count). The van der Waals surface area contributed by atoms with Gasteiger partial charge in [-0.15, -0.1) is 0 Å². The fourth-order valence-corrected chi connectivity index (χ4v) is 3.51. The molecule has 0 spiro atoms. The van der Waals surface area contributed by atoms with Gasteiger partial charge in [0.2, 0.25) is 0 Å². The van der Waals surface area contributed by atoms with Gasteiger partial charge in [-0.25, -0.2) is 14.4 Å². The number of fused-ring (bicyclic) bond motifs is 1. The van der Waals surface area contributed by atoms with Crippen molar-refractivity contribution in [2.75, 3.05) is 19.0 Å². The smallest absolute Gasteiger partial charge is 0.255 e. The lowest BCUT2D eigenvalue weighted by molar-refractivity contribution is -0.00177. The molecule has 3 heterocycles. The van der Waals surface area contributed by atoms with Gasteiger partial charge in [-0.2, -0.15) is 5.26 Å². The molecule has 10 heteroatoms. The summed E-state index contributed by atoms with van der Waals surface area (Å²) >= 11 is 0. The molecule has 3 N–H and O–H groups in total. The molecule has 9 nitrogen and oxygen atoms in total. The van der Waals surface area contributed by atoms with Gasteiger partial charge in [0.15, 0.2) is 0 Å². The lowest BCUT2D eigenvalue weighted by atomic mass is 10.0. The number of nitrogens with zero attached hydrogens (tertiary/aromatic N) is 4. The SMILES string of the molecule is COc1cccc(Nc2cc(-n3ccc4cc(C#N)cnc43)ncc2C(=O)NCC(F)C(C)(C)O)c1. The van der Waals surface area contributed by atoms with Gasteiger partial charge in [-0.1, -0.05) is 6.07 Å². The van der Waals surface area contributed by atoms with E-state index in [4.69, 9.17) is 10.00 Å². The van der Waals surface area contributed by atoms with Crippen molar-refractivity contribution in [1.82, 2.24) is 19.9 Å². The number of benzene rings is 1. The highest BCUT2D eigenvalue weighted by Crippen LogP contribution is 2.27. The lowest BCUT2D eigenvalue weighted by Crippen LogP contribution is -2.42. The van der Waals surface area contributed by atoms with Crippen LogP contribution in [0.25, 0.3) is 16.9 Å². The highest BCUT2D eigenvalue weighted by molar-refractivity contribution is 6.00. The summed E-state index contributed by atoms with van der Waals surface area (Å²) in [7, 11) is 1.56. The molecule has 0 aliphatic carbocycles. The first-order chi connectivity index (χ1) is 17.2. The summed E-state index contributed by atoms with van der Waals surface area (Å²) in [6.07, 6.45) is 2.98. The van der Waals surface area contributed by atoms with E-state index in [0.717, 1.165) is 5.39 Å². The van der Waals surface area contributed by atoms with Crippen LogP contribution in [0.4, 0.5) is 15.8 Å². The highest BCUT2D eigenvalue weighted by Gasteiger charge is 2.27. The number of aromatic nitrogens is 3. The van der Waals surface area contributed by atoms with Gasteiger partial charge >= 0.3 is 0 Å². The number of carbonyl (C=O) groups is 1. The maximum absolute atomic E-state index is 14.2. The van der Waals surface area contributed by atoms with Crippen LogP contribution in [0.15, 0.2) is 61.1 Å². The summed E-state index contributed by atoms with van der Waals surface area (Å²) in [4.78, 5) is 21.8. The summed E-state index contributed by atoms with van der Waals surface area (Å²) in [5.74, 6) is 0.546. The van der Waals surface area contributed by atoms with Crippen LogP contribution in [0.1, 0.15) is 29.8 Å². The van der Waals surface area contributed by atoms with Crippen LogP contribution in [0.5, 0.6) is 5.75 Å². The Labute approximate surface area is 207 Å². The molecule has 1 unspecified atom stereocenters. The van der Waals surface area contributed by atoms with Crippen molar-refractivity contribution in [3.05, 3.63) is 72.2 Å². The second-order valence-corrected chi connectivity index (χ2v) is 8.71. The molecule has 0 radical (unpaired) electrons. The number of nitrogens with one attached hydrogen (secondary N) is 2. The monoisotopic (exact) mass is 488 g/mol. The van der Waals surface area contributed by atoms with E-state index in [0.29, 0.717) is 34.2 Å². The number of alkyl halides is 1. The van der Waals surface area contributed by atoms with Crippen LogP contribution in [-0.4, -0.2) is 51.0 Å². The van der Waals surface area contributed by atoms with Crippen LogP contribution in [0, 0.1) is 11.3 Å². The van der Waals surface area contributed by atoms with Crippen molar-refractivity contribution in [2.24, 2.45) is 0 Å². The quantitative estimate of drug-likeness (QED) is 0.344. The summed E-state index contributed by atoms with van der Waals surface area (Å²) in [6.45, 7) is 2.31. The maximum atomic E-state index is 14.2. The number of hydrogen-bond acceptors (Lipinski definition) is 7. The van der Waals surface area contributed by atoms with E-state index >= 15 is 0 Å². The average Bonchev–Trinajstić information content (AvgIpc) is 3.29. The Bertz CT molecular complexity index is 1450. The molecule has 1 atom stereocenters. The van der Waals surface area contributed by atoms with Gasteiger partial charge in [0.1, 0.15) is 29.5 Å². The number of hydrogen-bond donors (Lipinski definition) is 3. The van der Waals surface area contributed by atoms with Gasteiger partial charge in [-0.3, -0.25) is 9.36 Å². The molecular formula is C26H25FN6O3. The van der Waals surface area contributed by atoms with Crippen LogP contribution in [0.2, 0.25) is 0 Å². The molecule has 0 saturated heterocycles. The third-order valence-corrected chi connectivity index (χ3v) is 5.59. The van der Waals surface area contributed by atoms with Gasteiger partial charge in [0, 0.05) is 41.8 Å². The first-order valence-corrected chi connectivity index (χ1v) is 11.1. The molecule has 0 bridgehead atoms. The largest absolute Gasteiger partial charge is 0.497 e. The molecule has 184 valence electrons. The minimum atomic E-state index is -1.65. The molecular weight excluding hydrogens is 463 g/mol. The second-order valence-electron chi connectivity index (χ2n) is 8.71. The predicted molar refractivity (Wildman–Crippen MR) is 133 cm³/mol. The fraction of sp³-hybridized carbons (Fsp3) is 0.231. The average molecular weight is 489 g/mol. The van der Waals surface area contributed by atoms with Gasteiger partial charge in [0.25, 0.3) is 5.91 Å². The minimum absolute atomic E-state index is 0.181. The Morgan fingerprint density at radius 1 is 1.25 bits per heavy atom. The van der Waals surface area contributed by atoms with E-state index in [1.165, 1.54) is 26.2 Å². The highest BCUT2D eigenvalue weighted by atomic mass is 19.1. The number of rotatable bonds is 8. The van der Waals surface area contributed by atoms with E-state index < -0.39 is 17.7 Å². The molecule has 36 heavy (non-hydrogen) atoms. The maximum Gasteiger partial charge on any atom is 0.255 e. The van der Waals surface area contributed by atoms with Crippen molar-refractivity contribution >= 4 is 28.3 Å². The third kappa shape index (κ3) is 5.26. The number of carbonyl (C=O) groups excluding carboxylic acids is 1. The Hall–Kier alpha value is -4.49. The topological polar surface area (TPSA) is 125 Å². The standard InChI is InChI=1S/C26H25FN6O3/c1-26(2,35)22(27)15-31-25(34)20-14-29-23(11-21(20)32-18-5-4-6-19(10-18)36-3)33-8-7-17-9-16(12-28)13-30-24(17)33/h4-11,13-14,22,35H,15H2,1-3H3,(H,29,32)(H,31,34). The van der Waals surface area contributed by atoms with Crippen LogP contribution < -0.4 is 15.4 Å². The third-order valence-electron chi connectivity index (χ3n) is 5.59. The zero-order valence-corrected chi connectivity index (χ0v) is 20.0. The van der Waals surface area contributed by atoms with Crippen molar-refractivity contribution in [1.29, 1.82) is 5.26 Å². The normalized spacial score (nSPS) is 12.1. The van der Waals surface area contributed by atoms with Gasteiger partial charge in [0.05, 0.1) is 36.1 Å². The van der Waals surface area contributed by atoms with Crippen molar-refractivity contribution in [3.8, 4) is 17.6 Å².